The lowest BCUT2D eigenvalue weighted by Crippen LogP contribution is -2.37. The molecule has 0 heterocycles. The van der Waals surface area contributed by atoms with Crippen molar-refractivity contribution in [3.63, 3.8) is 0 Å². The summed E-state index contributed by atoms with van der Waals surface area (Å²) in [7, 11) is 1.42. The standard InChI is InChI=1S/C35H60NO8P/c1-6-8-10-12-13-14-15-16-17-18-19-20-21-22-23-24-26-28-35(38)44-33(31-41-34(37)27-25-11-9-7-2)32-43-45(39,40)42-30-29-36(3,4)5/h8,10,13-14,16-17,19-20,22-23,33H,6-7,9,11-12,15,18,21,24-32H2,1-5H3/p+1/b10-8-,14-13-,17-16-,20-19-,23-22-. The molecule has 0 spiro atoms. The third-order valence-corrected chi connectivity index (χ3v) is 7.30. The van der Waals surface area contributed by atoms with Crippen LogP contribution in [0, 0.1) is 0 Å². The molecule has 0 bridgehead atoms. The molecule has 0 saturated heterocycles. The molecule has 258 valence electrons. The Hall–Kier alpha value is -2.29. The number of quaternary nitrogens is 1. The molecule has 0 amide bonds. The van der Waals surface area contributed by atoms with E-state index in [-0.39, 0.29) is 26.1 Å². The number of hydrogen-bond acceptors (Lipinski definition) is 7. The Morgan fingerprint density at radius 2 is 1.27 bits per heavy atom. The summed E-state index contributed by atoms with van der Waals surface area (Å²) >= 11 is 0. The van der Waals surface area contributed by atoms with E-state index in [2.05, 4.69) is 68.5 Å². The van der Waals surface area contributed by atoms with Crippen LogP contribution in [-0.2, 0) is 32.7 Å². The SMILES string of the molecule is CC/C=C\C/C=C\C/C=C\C/C=C\C/C=C\CCCC(=O)OC(COC(=O)CCCCCC)COP(=O)(O)OCC[N+](C)(C)C. The zero-order chi connectivity index (χ0) is 33.7. The second kappa shape index (κ2) is 28.0. The molecule has 9 nitrogen and oxygen atoms in total. The van der Waals surface area contributed by atoms with Crippen molar-refractivity contribution >= 4 is 19.8 Å². The van der Waals surface area contributed by atoms with Gasteiger partial charge in [-0.2, -0.15) is 0 Å². The number of likely N-dealkylation sites (N-methyl/N-ethyl adjacent to an activating group) is 1. The molecule has 0 saturated carbocycles. The van der Waals surface area contributed by atoms with E-state index in [0.29, 0.717) is 23.9 Å². The van der Waals surface area contributed by atoms with Crippen LogP contribution in [0.5, 0.6) is 0 Å². The first kappa shape index (κ1) is 42.7. The summed E-state index contributed by atoms with van der Waals surface area (Å²) in [5, 5.41) is 0. The summed E-state index contributed by atoms with van der Waals surface area (Å²) < 4.78 is 33.7. The van der Waals surface area contributed by atoms with Crippen molar-refractivity contribution in [3.05, 3.63) is 60.8 Å². The zero-order valence-corrected chi connectivity index (χ0v) is 29.5. The number of carbonyl (C=O) groups is 2. The third kappa shape index (κ3) is 31.5. The molecule has 1 N–H and O–H groups in total. The third-order valence-electron chi connectivity index (χ3n) is 6.31. The number of phosphoric acid groups is 1. The quantitative estimate of drug-likeness (QED) is 0.0296. The number of carbonyl (C=O) groups excluding carboxylic acids is 2. The van der Waals surface area contributed by atoms with Gasteiger partial charge in [0.15, 0.2) is 6.10 Å². The van der Waals surface area contributed by atoms with E-state index >= 15 is 0 Å². The average molecular weight is 655 g/mol. The minimum absolute atomic E-state index is 0.0181. The van der Waals surface area contributed by atoms with E-state index in [1.165, 1.54) is 0 Å². The number of phosphoric ester groups is 1. The van der Waals surface area contributed by atoms with Crippen LogP contribution < -0.4 is 0 Å². The van der Waals surface area contributed by atoms with Crippen molar-refractivity contribution in [2.75, 3.05) is 47.5 Å². The molecule has 0 aliphatic carbocycles. The first-order chi connectivity index (χ1) is 21.5. The molecule has 0 aromatic heterocycles. The van der Waals surface area contributed by atoms with Gasteiger partial charge in [0.2, 0.25) is 0 Å². The van der Waals surface area contributed by atoms with Crippen LogP contribution in [0.25, 0.3) is 0 Å². The lowest BCUT2D eigenvalue weighted by atomic mass is 10.2. The Morgan fingerprint density at radius 1 is 0.711 bits per heavy atom. The van der Waals surface area contributed by atoms with Gasteiger partial charge in [-0.3, -0.25) is 18.6 Å². The van der Waals surface area contributed by atoms with Crippen molar-refractivity contribution in [2.24, 2.45) is 0 Å². The number of nitrogens with zero attached hydrogens (tertiary/aromatic N) is 1. The van der Waals surface area contributed by atoms with E-state index in [9.17, 15) is 19.0 Å². The molecule has 0 aromatic carbocycles. The molecule has 0 aromatic rings. The number of allylic oxidation sites excluding steroid dienone is 10. The highest BCUT2D eigenvalue weighted by atomic mass is 31.2. The van der Waals surface area contributed by atoms with Crippen molar-refractivity contribution in [3.8, 4) is 0 Å². The molecule has 0 aliphatic rings. The Kier molecular flexibility index (Phi) is 26.6. The summed E-state index contributed by atoms with van der Waals surface area (Å²) in [6.45, 7) is 4.05. The molecule has 0 rings (SSSR count). The van der Waals surface area contributed by atoms with E-state index in [0.717, 1.165) is 57.8 Å². The molecule has 45 heavy (non-hydrogen) atoms. The Labute approximate surface area is 273 Å². The van der Waals surface area contributed by atoms with Gasteiger partial charge >= 0.3 is 19.8 Å². The van der Waals surface area contributed by atoms with Crippen LogP contribution in [0.3, 0.4) is 0 Å². The molecule has 2 atom stereocenters. The average Bonchev–Trinajstić information content (AvgIpc) is 2.97. The lowest BCUT2D eigenvalue weighted by molar-refractivity contribution is -0.870. The number of unbranched alkanes of at least 4 members (excludes halogenated alkanes) is 4. The first-order valence-electron chi connectivity index (χ1n) is 16.5. The van der Waals surface area contributed by atoms with Crippen molar-refractivity contribution in [2.45, 2.75) is 103 Å². The highest BCUT2D eigenvalue weighted by Gasteiger charge is 2.27. The summed E-state index contributed by atoms with van der Waals surface area (Å²) in [6, 6.07) is 0. The molecule has 0 fully saturated rings. The highest BCUT2D eigenvalue weighted by molar-refractivity contribution is 7.47. The Morgan fingerprint density at radius 3 is 1.82 bits per heavy atom. The zero-order valence-electron chi connectivity index (χ0n) is 28.6. The second-order valence-corrected chi connectivity index (χ2v) is 13.3. The van der Waals surface area contributed by atoms with Crippen molar-refractivity contribution in [1.82, 2.24) is 0 Å². The molecule has 10 heteroatoms. The van der Waals surface area contributed by atoms with Gasteiger partial charge in [-0.1, -0.05) is 93.9 Å². The molecule has 2 unspecified atom stereocenters. The number of rotatable bonds is 28. The monoisotopic (exact) mass is 654 g/mol. The van der Waals surface area contributed by atoms with Crippen LogP contribution in [0.1, 0.15) is 97.3 Å². The predicted molar refractivity (Wildman–Crippen MR) is 183 cm³/mol. The van der Waals surface area contributed by atoms with Gasteiger partial charge in [0.25, 0.3) is 0 Å². The van der Waals surface area contributed by atoms with Crippen LogP contribution in [0.15, 0.2) is 60.8 Å². The molecule has 0 aliphatic heterocycles. The largest absolute Gasteiger partial charge is 0.472 e. The Balaban J connectivity index is 4.50. The molecular formula is C35H61NO8P+. The maximum Gasteiger partial charge on any atom is 0.472 e. The smallest absolute Gasteiger partial charge is 0.462 e. The van der Waals surface area contributed by atoms with Gasteiger partial charge in [0.05, 0.1) is 27.7 Å². The van der Waals surface area contributed by atoms with Gasteiger partial charge in [0.1, 0.15) is 19.8 Å². The van der Waals surface area contributed by atoms with Gasteiger partial charge in [-0.15, -0.1) is 0 Å². The van der Waals surface area contributed by atoms with Crippen LogP contribution in [0.4, 0.5) is 0 Å². The maximum absolute atomic E-state index is 12.5. The van der Waals surface area contributed by atoms with Crippen LogP contribution in [0.2, 0.25) is 0 Å². The number of ether oxygens (including phenoxy) is 2. The molecular weight excluding hydrogens is 593 g/mol. The number of hydrogen-bond donors (Lipinski definition) is 1. The van der Waals surface area contributed by atoms with Gasteiger partial charge in [0, 0.05) is 12.8 Å². The lowest BCUT2D eigenvalue weighted by Gasteiger charge is -2.24. The fraction of sp³-hybridized carbons (Fsp3) is 0.657. The van der Waals surface area contributed by atoms with E-state index in [1.807, 2.05) is 27.2 Å². The summed E-state index contributed by atoms with van der Waals surface area (Å²) in [4.78, 5) is 34.6. The van der Waals surface area contributed by atoms with E-state index in [4.69, 9.17) is 18.5 Å². The second-order valence-electron chi connectivity index (χ2n) is 11.8. The minimum atomic E-state index is -4.37. The Bertz CT molecular complexity index is 965. The normalized spacial score (nSPS) is 14.7. The maximum atomic E-state index is 12.5. The van der Waals surface area contributed by atoms with E-state index in [1.54, 1.807) is 0 Å². The van der Waals surface area contributed by atoms with Gasteiger partial charge in [-0.05, 0) is 51.4 Å². The summed E-state index contributed by atoms with van der Waals surface area (Å²) in [5.74, 6) is -0.898. The van der Waals surface area contributed by atoms with Crippen LogP contribution >= 0.6 is 7.82 Å². The van der Waals surface area contributed by atoms with Crippen molar-refractivity contribution in [1.29, 1.82) is 0 Å². The topological polar surface area (TPSA) is 108 Å². The van der Waals surface area contributed by atoms with Gasteiger partial charge in [-0.25, -0.2) is 4.57 Å². The fourth-order valence-corrected chi connectivity index (χ4v) is 4.43. The first-order valence-corrected chi connectivity index (χ1v) is 18.0. The molecule has 0 radical (unpaired) electrons. The summed E-state index contributed by atoms with van der Waals surface area (Å²) in [6.07, 6.45) is 30.6. The van der Waals surface area contributed by atoms with Crippen LogP contribution in [-0.4, -0.2) is 74.9 Å². The fourth-order valence-electron chi connectivity index (χ4n) is 3.69. The summed E-state index contributed by atoms with van der Waals surface area (Å²) in [5.41, 5.74) is 0. The van der Waals surface area contributed by atoms with E-state index < -0.39 is 32.5 Å². The predicted octanol–water partition coefficient (Wildman–Crippen LogP) is 8.17. The highest BCUT2D eigenvalue weighted by Crippen LogP contribution is 2.43. The minimum Gasteiger partial charge on any atom is -0.462 e. The number of esters is 2. The van der Waals surface area contributed by atoms with Crippen molar-refractivity contribution < 1.29 is 42.1 Å². The van der Waals surface area contributed by atoms with Gasteiger partial charge < -0.3 is 18.9 Å².